The number of fused-ring (bicyclic) bond motifs is 2. The molecular formula is C13H10N4OS2. The SMILES string of the molecule is CSc1nn2cc(-c3nc4c(C)cccc4o3)nc2s1. The average Bonchev–Trinajstić information content (AvgIpc) is 3.09. The van der Waals surface area contributed by atoms with E-state index in [1.807, 2.05) is 37.6 Å². The minimum Gasteiger partial charge on any atom is -0.435 e. The monoisotopic (exact) mass is 302 g/mol. The molecule has 3 heterocycles. The summed E-state index contributed by atoms with van der Waals surface area (Å²) in [7, 11) is 0. The molecule has 0 aliphatic rings. The fourth-order valence-corrected chi connectivity index (χ4v) is 3.41. The molecular weight excluding hydrogens is 292 g/mol. The third-order valence-corrected chi connectivity index (χ3v) is 4.94. The van der Waals surface area contributed by atoms with Crippen LogP contribution in [0.4, 0.5) is 0 Å². The molecule has 4 rings (SSSR count). The Hall–Kier alpha value is -1.86. The predicted molar refractivity (Wildman–Crippen MR) is 80.4 cm³/mol. The fraction of sp³-hybridized carbons (Fsp3) is 0.154. The maximum absolute atomic E-state index is 5.78. The number of benzene rings is 1. The van der Waals surface area contributed by atoms with Crippen LogP contribution in [0, 0.1) is 6.92 Å². The number of oxazole rings is 1. The van der Waals surface area contributed by atoms with Gasteiger partial charge in [0.05, 0.1) is 6.20 Å². The number of nitrogens with zero attached hydrogens (tertiary/aromatic N) is 4. The smallest absolute Gasteiger partial charge is 0.247 e. The van der Waals surface area contributed by atoms with Crippen molar-refractivity contribution in [3.63, 3.8) is 0 Å². The zero-order chi connectivity index (χ0) is 13.7. The second-order valence-corrected chi connectivity index (χ2v) is 6.38. The summed E-state index contributed by atoms with van der Waals surface area (Å²) in [5.41, 5.74) is 3.49. The molecule has 0 atom stereocenters. The highest BCUT2D eigenvalue weighted by atomic mass is 32.2. The highest BCUT2D eigenvalue weighted by molar-refractivity contribution is 8.00. The van der Waals surface area contributed by atoms with E-state index in [-0.39, 0.29) is 0 Å². The van der Waals surface area contributed by atoms with Gasteiger partial charge >= 0.3 is 0 Å². The summed E-state index contributed by atoms with van der Waals surface area (Å²) in [5, 5.41) is 4.42. The molecule has 0 fully saturated rings. The van der Waals surface area contributed by atoms with Gasteiger partial charge in [-0.2, -0.15) is 0 Å². The summed E-state index contributed by atoms with van der Waals surface area (Å²) in [4.78, 5) is 9.91. The maximum Gasteiger partial charge on any atom is 0.247 e. The van der Waals surface area contributed by atoms with Crippen molar-refractivity contribution in [2.75, 3.05) is 6.26 Å². The summed E-state index contributed by atoms with van der Waals surface area (Å²) in [6, 6.07) is 5.90. The molecule has 0 aliphatic carbocycles. The first kappa shape index (κ1) is 11.9. The first-order valence-electron chi connectivity index (χ1n) is 6.01. The largest absolute Gasteiger partial charge is 0.435 e. The maximum atomic E-state index is 5.78. The first-order valence-corrected chi connectivity index (χ1v) is 8.05. The van der Waals surface area contributed by atoms with Crippen molar-refractivity contribution < 1.29 is 4.42 Å². The summed E-state index contributed by atoms with van der Waals surface area (Å²) >= 11 is 3.17. The molecule has 1 aromatic carbocycles. The molecule has 0 radical (unpaired) electrons. The molecule has 0 aliphatic heterocycles. The van der Waals surface area contributed by atoms with Gasteiger partial charge in [-0.1, -0.05) is 35.2 Å². The van der Waals surface area contributed by atoms with Crippen LogP contribution >= 0.6 is 23.1 Å². The van der Waals surface area contributed by atoms with E-state index in [1.54, 1.807) is 27.6 Å². The lowest BCUT2D eigenvalue weighted by Gasteiger charge is -1.88. The lowest BCUT2D eigenvalue weighted by molar-refractivity contribution is 0.617. The highest BCUT2D eigenvalue weighted by Crippen LogP contribution is 2.28. The van der Waals surface area contributed by atoms with Crippen LogP contribution in [-0.4, -0.2) is 25.8 Å². The summed E-state index contributed by atoms with van der Waals surface area (Å²) < 4.78 is 8.54. The molecule has 0 unspecified atom stereocenters. The number of aromatic nitrogens is 4. The van der Waals surface area contributed by atoms with E-state index in [2.05, 4.69) is 15.1 Å². The number of imidazole rings is 1. The van der Waals surface area contributed by atoms with E-state index in [0.717, 1.165) is 26.0 Å². The van der Waals surface area contributed by atoms with Crippen LogP contribution in [0.1, 0.15) is 5.56 Å². The molecule has 5 nitrogen and oxygen atoms in total. The van der Waals surface area contributed by atoms with E-state index < -0.39 is 0 Å². The molecule has 3 aromatic heterocycles. The number of hydrogen-bond acceptors (Lipinski definition) is 6. The van der Waals surface area contributed by atoms with E-state index in [0.29, 0.717) is 11.6 Å². The van der Waals surface area contributed by atoms with Gasteiger partial charge in [-0.05, 0) is 24.8 Å². The Bertz CT molecular complexity index is 890. The number of rotatable bonds is 2. The summed E-state index contributed by atoms with van der Waals surface area (Å²) in [6.07, 6.45) is 3.86. The average molecular weight is 302 g/mol. The summed E-state index contributed by atoms with van der Waals surface area (Å²) in [5.74, 6) is 0.540. The van der Waals surface area contributed by atoms with Crippen LogP contribution in [0.5, 0.6) is 0 Å². The minimum atomic E-state index is 0.540. The van der Waals surface area contributed by atoms with Gasteiger partial charge in [0.25, 0.3) is 0 Å². The van der Waals surface area contributed by atoms with Crippen LogP contribution in [0.15, 0.2) is 33.2 Å². The van der Waals surface area contributed by atoms with Crippen LogP contribution in [0.2, 0.25) is 0 Å². The lowest BCUT2D eigenvalue weighted by atomic mass is 10.2. The molecule has 0 spiro atoms. The molecule has 0 N–H and O–H groups in total. The van der Waals surface area contributed by atoms with Gasteiger partial charge in [-0.25, -0.2) is 14.5 Å². The molecule has 0 saturated carbocycles. The fourth-order valence-electron chi connectivity index (χ4n) is 2.06. The van der Waals surface area contributed by atoms with Gasteiger partial charge in [-0.3, -0.25) is 0 Å². The topological polar surface area (TPSA) is 56.2 Å². The van der Waals surface area contributed by atoms with Gasteiger partial charge in [0, 0.05) is 0 Å². The Morgan fingerprint density at radius 1 is 1.30 bits per heavy atom. The second-order valence-electron chi connectivity index (χ2n) is 4.37. The normalized spacial score (nSPS) is 11.7. The van der Waals surface area contributed by atoms with Crippen molar-refractivity contribution in [1.82, 2.24) is 19.6 Å². The van der Waals surface area contributed by atoms with Crippen molar-refractivity contribution in [3.05, 3.63) is 30.0 Å². The molecule has 0 bridgehead atoms. The van der Waals surface area contributed by atoms with Crippen LogP contribution in [0.3, 0.4) is 0 Å². The van der Waals surface area contributed by atoms with Crippen molar-refractivity contribution in [2.24, 2.45) is 0 Å². The third-order valence-electron chi connectivity index (χ3n) is 3.04. The molecule has 20 heavy (non-hydrogen) atoms. The lowest BCUT2D eigenvalue weighted by Crippen LogP contribution is -1.80. The number of para-hydroxylation sites is 1. The van der Waals surface area contributed by atoms with Gasteiger partial charge in [0.15, 0.2) is 9.92 Å². The van der Waals surface area contributed by atoms with Gasteiger partial charge in [0.2, 0.25) is 10.9 Å². The van der Waals surface area contributed by atoms with Crippen LogP contribution in [0.25, 0.3) is 27.6 Å². The highest BCUT2D eigenvalue weighted by Gasteiger charge is 2.15. The second kappa shape index (κ2) is 4.32. The van der Waals surface area contributed by atoms with Crippen LogP contribution in [-0.2, 0) is 0 Å². The quantitative estimate of drug-likeness (QED) is 0.529. The van der Waals surface area contributed by atoms with Crippen molar-refractivity contribution in [3.8, 4) is 11.6 Å². The Morgan fingerprint density at radius 2 is 2.20 bits per heavy atom. The van der Waals surface area contributed by atoms with E-state index >= 15 is 0 Å². The van der Waals surface area contributed by atoms with Crippen molar-refractivity contribution >= 4 is 39.2 Å². The number of hydrogen-bond donors (Lipinski definition) is 0. The Kier molecular flexibility index (Phi) is 2.58. The van der Waals surface area contributed by atoms with E-state index in [1.165, 1.54) is 0 Å². The summed E-state index contributed by atoms with van der Waals surface area (Å²) in [6.45, 7) is 2.02. The zero-order valence-corrected chi connectivity index (χ0v) is 12.5. The van der Waals surface area contributed by atoms with Gasteiger partial charge < -0.3 is 4.42 Å². The molecule has 0 amide bonds. The van der Waals surface area contributed by atoms with E-state index in [9.17, 15) is 0 Å². The first-order chi connectivity index (χ1) is 9.74. The standard InChI is InChI=1S/C13H10N4OS2/c1-7-4-3-5-9-10(7)15-11(18-9)8-6-17-12(14-8)20-13(16-17)19-2/h3-6H,1-2H3. The minimum absolute atomic E-state index is 0.540. The predicted octanol–water partition coefficient (Wildman–Crippen LogP) is 3.63. The number of aryl methyl sites for hydroxylation is 1. The Morgan fingerprint density at radius 3 is 2.95 bits per heavy atom. The number of thioether (sulfide) groups is 1. The molecule has 7 heteroatoms. The Balaban J connectivity index is 1.87. The molecule has 4 aromatic rings. The van der Waals surface area contributed by atoms with E-state index in [4.69, 9.17) is 4.42 Å². The van der Waals surface area contributed by atoms with Crippen molar-refractivity contribution in [1.29, 1.82) is 0 Å². The van der Waals surface area contributed by atoms with Crippen LogP contribution < -0.4 is 0 Å². The van der Waals surface area contributed by atoms with Gasteiger partial charge in [-0.15, -0.1) is 5.10 Å². The van der Waals surface area contributed by atoms with Gasteiger partial charge in [0.1, 0.15) is 11.2 Å². The third kappa shape index (κ3) is 1.74. The molecule has 100 valence electrons. The molecule has 0 saturated heterocycles. The van der Waals surface area contributed by atoms with Crippen molar-refractivity contribution in [2.45, 2.75) is 11.3 Å². The zero-order valence-electron chi connectivity index (χ0n) is 10.8. The Labute approximate surface area is 122 Å².